The number of aliphatic hydroxyl groups is 1. The van der Waals surface area contributed by atoms with E-state index in [2.05, 4.69) is 25.8 Å². The quantitative estimate of drug-likeness (QED) is 0.279. The average Bonchev–Trinajstić information content (AvgIpc) is 3.37. The summed E-state index contributed by atoms with van der Waals surface area (Å²) in [6.45, 7) is 2.10. The van der Waals surface area contributed by atoms with Crippen molar-refractivity contribution >= 4 is 27.5 Å². The minimum Gasteiger partial charge on any atom is -0.494 e. The zero-order valence-corrected chi connectivity index (χ0v) is 23.6. The smallest absolute Gasteiger partial charge is 0.251 e. The van der Waals surface area contributed by atoms with Gasteiger partial charge in [-0.2, -0.15) is 0 Å². The third-order valence-electron chi connectivity index (χ3n) is 8.12. The van der Waals surface area contributed by atoms with Crippen molar-refractivity contribution in [3.8, 4) is 22.8 Å². The van der Waals surface area contributed by atoms with E-state index in [4.69, 9.17) is 14.5 Å². The SMILES string of the molecule is COc1cc(C(=O)NCC(O)(c2cc3c(c(-c4ccc(F)cc4)n2)OC[C@]3(C)n2cnnn2)C2CC2)cc2scnc12. The highest BCUT2D eigenvalue weighted by atomic mass is 32.1. The van der Waals surface area contributed by atoms with Gasteiger partial charge in [-0.15, -0.1) is 16.4 Å². The van der Waals surface area contributed by atoms with Gasteiger partial charge in [0.1, 0.15) is 46.9 Å². The molecule has 3 aromatic heterocycles. The van der Waals surface area contributed by atoms with E-state index in [1.807, 2.05) is 13.0 Å². The van der Waals surface area contributed by atoms with Gasteiger partial charge in [0.15, 0.2) is 5.75 Å². The zero-order chi connectivity index (χ0) is 29.1. The van der Waals surface area contributed by atoms with Gasteiger partial charge in [-0.25, -0.2) is 19.0 Å². The number of nitrogens with zero attached hydrogens (tertiary/aromatic N) is 6. The third kappa shape index (κ3) is 4.27. The number of rotatable bonds is 8. The van der Waals surface area contributed by atoms with E-state index >= 15 is 0 Å². The van der Waals surface area contributed by atoms with Crippen molar-refractivity contribution in [2.75, 3.05) is 20.3 Å². The number of carbonyl (C=O) groups is 1. The van der Waals surface area contributed by atoms with Crippen molar-refractivity contribution < 1.29 is 23.8 Å². The number of fused-ring (bicyclic) bond motifs is 2. The second kappa shape index (κ2) is 9.81. The van der Waals surface area contributed by atoms with Crippen molar-refractivity contribution in [2.24, 2.45) is 5.92 Å². The van der Waals surface area contributed by atoms with Crippen LogP contribution in [0.1, 0.15) is 41.4 Å². The number of halogens is 1. The Morgan fingerprint density at radius 2 is 2.10 bits per heavy atom. The van der Waals surface area contributed by atoms with Crippen molar-refractivity contribution in [1.82, 2.24) is 35.5 Å². The lowest BCUT2D eigenvalue weighted by Gasteiger charge is -2.30. The highest BCUT2D eigenvalue weighted by Crippen LogP contribution is 2.50. The number of benzene rings is 2. The fourth-order valence-corrected chi connectivity index (χ4v) is 6.25. The standard InChI is InChI=1S/C29H26FN7O4S/c1-28(37-14-33-35-36-37)13-41-26-20(28)11-23(34-24(26)16-3-7-19(30)8-4-16)29(39,18-5-6-18)12-31-27(38)17-9-21(40-2)25-22(10-17)42-15-32-25/h3-4,7-11,14-15,18,39H,5-6,12-13H2,1-2H3,(H,31,38)/t28-,29?/m0/s1. The Morgan fingerprint density at radius 1 is 1.29 bits per heavy atom. The molecule has 1 saturated carbocycles. The van der Waals surface area contributed by atoms with Crippen LogP contribution < -0.4 is 14.8 Å². The summed E-state index contributed by atoms with van der Waals surface area (Å²) in [6.07, 6.45) is 3.06. The monoisotopic (exact) mass is 587 g/mol. The molecule has 2 aromatic carbocycles. The largest absolute Gasteiger partial charge is 0.494 e. The summed E-state index contributed by atoms with van der Waals surface area (Å²) in [5.41, 5.74) is 2.71. The molecule has 11 nitrogen and oxygen atoms in total. The van der Waals surface area contributed by atoms with Gasteiger partial charge in [0.25, 0.3) is 5.91 Å². The molecule has 42 heavy (non-hydrogen) atoms. The molecule has 7 rings (SSSR count). The number of amides is 1. The number of ether oxygens (including phenoxy) is 2. The van der Waals surface area contributed by atoms with Crippen LogP contribution in [-0.2, 0) is 11.1 Å². The Kier molecular flexibility index (Phi) is 6.17. The molecule has 0 radical (unpaired) electrons. The molecule has 0 spiro atoms. The van der Waals surface area contributed by atoms with E-state index in [1.165, 1.54) is 36.9 Å². The second-order valence-electron chi connectivity index (χ2n) is 10.8. The Bertz CT molecular complexity index is 1810. The lowest BCUT2D eigenvalue weighted by atomic mass is 9.87. The van der Waals surface area contributed by atoms with Gasteiger partial charge in [0.2, 0.25) is 0 Å². The molecule has 1 fully saturated rings. The molecule has 2 N–H and O–H groups in total. The Morgan fingerprint density at radius 3 is 2.81 bits per heavy atom. The van der Waals surface area contributed by atoms with Gasteiger partial charge < -0.3 is 19.9 Å². The number of pyridine rings is 1. The molecule has 1 amide bonds. The summed E-state index contributed by atoms with van der Waals surface area (Å²) in [5, 5.41) is 26.9. The van der Waals surface area contributed by atoms with Crippen LogP contribution in [0.5, 0.6) is 11.5 Å². The first-order valence-electron chi connectivity index (χ1n) is 13.4. The van der Waals surface area contributed by atoms with Crippen LogP contribution in [0.2, 0.25) is 0 Å². The number of carbonyl (C=O) groups excluding carboxylic acids is 1. The van der Waals surface area contributed by atoms with E-state index in [-0.39, 0.29) is 30.8 Å². The van der Waals surface area contributed by atoms with Crippen molar-refractivity contribution in [2.45, 2.75) is 30.9 Å². The number of hydrogen-bond donors (Lipinski definition) is 2. The van der Waals surface area contributed by atoms with Gasteiger partial charge in [-0.3, -0.25) is 4.79 Å². The number of methoxy groups -OCH3 is 1. The van der Waals surface area contributed by atoms with Crippen LogP contribution in [0, 0.1) is 11.7 Å². The highest BCUT2D eigenvalue weighted by molar-refractivity contribution is 7.16. The van der Waals surface area contributed by atoms with Gasteiger partial charge in [0.05, 0.1) is 29.6 Å². The minimum atomic E-state index is -1.48. The topological polar surface area (TPSA) is 137 Å². The van der Waals surface area contributed by atoms with E-state index < -0.39 is 11.1 Å². The summed E-state index contributed by atoms with van der Waals surface area (Å²) in [5.74, 6) is 0.156. The molecule has 4 heterocycles. The van der Waals surface area contributed by atoms with Crippen LogP contribution in [0.25, 0.3) is 21.5 Å². The van der Waals surface area contributed by atoms with Crippen LogP contribution in [0.15, 0.2) is 54.3 Å². The molecule has 5 aromatic rings. The van der Waals surface area contributed by atoms with E-state index in [0.717, 1.165) is 23.1 Å². The summed E-state index contributed by atoms with van der Waals surface area (Å²) in [7, 11) is 1.53. The lowest BCUT2D eigenvalue weighted by Crippen LogP contribution is -2.43. The van der Waals surface area contributed by atoms with Gasteiger partial charge >= 0.3 is 0 Å². The molecule has 1 aliphatic carbocycles. The second-order valence-corrected chi connectivity index (χ2v) is 11.7. The van der Waals surface area contributed by atoms with Crippen molar-refractivity contribution in [3.63, 3.8) is 0 Å². The molecule has 0 saturated heterocycles. The Balaban J connectivity index is 1.29. The number of thiazole rings is 1. The maximum absolute atomic E-state index is 13.8. The van der Waals surface area contributed by atoms with Gasteiger partial charge in [-0.1, -0.05) is 0 Å². The van der Waals surface area contributed by atoms with Crippen LogP contribution in [0.3, 0.4) is 0 Å². The van der Waals surface area contributed by atoms with Crippen molar-refractivity contribution in [1.29, 1.82) is 0 Å². The molecular formula is C29H26FN7O4S. The molecule has 214 valence electrons. The number of hydrogen-bond acceptors (Lipinski definition) is 10. The summed E-state index contributed by atoms with van der Waals surface area (Å²) in [4.78, 5) is 22.6. The molecule has 13 heteroatoms. The van der Waals surface area contributed by atoms with Crippen LogP contribution in [0.4, 0.5) is 4.39 Å². The Hall–Kier alpha value is -4.49. The minimum absolute atomic E-state index is 0.0728. The zero-order valence-electron chi connectivity index (χ0n) is 22.7. The fourth-order valence-electron chi connectivity index (χ4n) is 5.52. The normalized spacial score (nSPS) is 19.2. The molecular weight excluding hydrogens is 561 g/mol. The molecule has 1 aliphatic heterocycles. The van der Waals surface area contributed by atoms with Gasteiger partial charge in [0, 0.05) is 16.7 Å². The first-order valence-corrected chi connectivity index (χ1v) is 14.3. The number of tetrazole rings is 1. The first kappa shape index (κ1) is 26.4. The summed E-state index contributed by atoms with van der Waals surface area (Å²) in [6, 6.07) is 11.2. The molecule has 2 aliphatic rings. The number of nitrogens with one attached hydrogen (secondary N) is 1. The average molecular weight is 588 g/mol. The van der Waals surface area contributed by atoms with E-state index in [0.29, 0.717) is 39.5 Å². The summed E-state index contributed by atoms with van der Waals surface area (Å²) >= 11 is 1.41. The van der Waals surface area contributed by atoms with Crippen LogP contribution >= 0.6 is 11.3 Å². The van der Waals surface area contributed by atoms with Crippen molar-refractivity contribution in [3.05, 3.63) is 76.9 Å². The highest BCUT2D eigenvalue weighted by Gasteiger charge is 2.49. The predicted octanol–water partition coefficient (Wildman–Crippen LogP) is 3.68. The third-order valence-corrected chi connectivity index (χ3v) is 8.90. The number of aromatic nitrogens is 6. The maximum Gasteiger partial charge on any atom is 0.251 e. The lowest BCUT2D eigenvalue weighted by molar-refractivity contribution is 0.00945. The molecule has 2 atom stereocenters. The molecule has 0 bridgehead atoms. The first-order chi connectivity index (χ1) is 20.3. The van der Waals surface area contributed by atoms with E-state index in [1.54, 1.807) is 34.5 Å². The predicted molar refractivity (Wildman–Crippen MR) is 151 cm³/mol. The Labute approximate surface area is 243 Å². The summed E-state index contributed by atoms with van der Waals surface area (Å²) < 4.78 is 27.9. The maximum atomic E-state index is 13.8. The fraction of sp³-hybridized carbons (Fsp3) is 0.310. The van der Waals surface area contributed by atoms with Crippen LogP contribution in [-0.4, -0.2) is 61.5 Å². The van der Waals surface area contributed by atoms with Gasteiger partial charge in [-0.05, 0) is 78.6 Å². The van der Waals surface area contributed by atoms with E-state index in [9.17, 15) is 14.3 Å². The molecule has 1 unspecified atom stereocenters.